The first-order chi connectivity index (χ1) is 10.8. The third-order valence-corrected chi connectivity index (χ3v) is 6.16. The predicted octanol–water partition coefficient (Wildman–Crippen LogP) is 2.83. The van der Waals surface area contributed by atoms with Gasteiger partial charge in [0.05, 0.1) is 12.1 Å². The average Bonchev–Trinajstić information content (AvgIpc) is 3.04. The van der Waals surface area contributed by atoms with E-state index in [1.807, 2.05) is 0 Å². The Bertz CT molecular complexity index is 509. The third-order valence-electron chi connectivity index (χ3n) is 6.16. The van der Waals surface area contributed by atoms with Crippen molar-refractivity contribution in [3.05, 3.63) is 12.2 Å². The Hall–Kier alpha value is -0.940. The van der Waals surface area contributed by atoms with Crippen molar-refractivity contribution in [2.45, 2.75) is 83.0 Å². The third kappa shape index (κ3) is 2.29. The highest BCUT2D eigenvalue weighted by Crippen LogP contribution is 2.54. The summed E-state index contributed by atoms with van der Waals surface area (Å²) < 4.78 is 8.15. The van der Waals surface area contributed by atoms with Gasteiger partial charge in [-0.2, -0.15) is 5.10 Å². The number of fused-ring (bicyclic) bond motifs is 1. The number of aryl methyl sites for hydroxylation is 1. The molecule has 122 valence electrons. The summed E-state index contributed by atoms with van der Waals surface area (Å²) in [5, 5.41) is 8.29. The number of hydrogen-bond acceptors (Lipinski definition) is 4. The lowest BCUT2D eigenvalue weighted by Crippen LogP contribution is -2.65. The summed E-state index contributed by atoms with van der Waals surface area (Å²) in [6.45, 7) is 3.99. The van der Waals surface area contributed by atoms with Gasteiger partial charge in [-0.3, -0.25) is 0 Å². The number of ether oxygens (including phenoxy) is 1. The van der Waals surface area contributed by atoms with Gasteiger partial charge < -0.3 is 10.1 Å². The molecular weight excluding hydrogens is 276 g/mol. The van der Waals surface area contributed by atoms with E-state index in [1.54, 1.807) is 6.33 Å². The summed E-state index contributed by atoms with van der Waals surface area (Å²) in [6, 6.07) is 0.972. The summed E-state index contributed by atoms with van der Waals surface area (Å²) in [5.74, 6) is 1.14. The van der Waals surface area contributed by atoms with Crippen molar-refractivity contribution in [1.29, 1.82) is 0 Å². The molecule has 0 bridgehead atoms. The summed E-state index contributed by atoms with van der Waals surface area (Å²) in [4.78, 5) is 4.50. The lowest BCUT2D eigenvalue weighted by atomic mass is 9.55. The second-order valence-corrected chi connectivity index (χ2v) is 7.23. The van der Waals surface area contributed by atoms with E-state index in [1.165, 1.54) is 51.4 Å². The highest BCUT2D eigenvalue weighted by molar-refractivity contribution is 5.11. The summed E-state index contributed by atoms with van der Waals surface area (Å²) in [7, 11) is 0. The SMILES string of the molecule is CCO[C@@H]1C[C@H](N[C@H]2CCCn3ncnc32)C12CCCCC2. The van der Waals surface area contributed by atoms with E-state index in [9.17, 15) is 0 Å². The van der Waals surface area contributed by atoms with Gasteiger partial charge in [0.1, 0.15) is 12.2 Å². The molecule has 0 amide bonds. The van der Waals surface area contributed by atoms with Crippen LogP contribution in [0.25, 0.3) is 0 Å². The predicted molar refractivity (Wildman–Crippen MR) is 84.5 cm³/mol. The molecule has 1 N–H and O–H groups in total. The minimum absolute atomic E-state index is 0.377. The topological polar surface area (TPSA) is 52.0 Å². The van der Waals surface area contributed by atoms with Gasteiger partial charge in [0.2, 0.25) is 0 Å². The van der Waals surface area contributed by atoms with Gasteiger partial charge in [0.25, 0.3) is 0 Å². The van der Waals surface area contributed by atoms with Crippen LogP contribution >= 0.6 is 0 Å². The largest absolute Gasteiger partial charge is 0.378 e. The molecule has 1 aliphatic heterocycles. The Balaban J connectivity index is 1.49. The minimum Gasteiger partial charge on any atom is -0.378 e. The molecule has 2 aliphatic carbocycles. The van der Waals surface area contributed by atoms with Crippen LogP contribution in [0, 0.1) is 5.41 Å². The molecule has 4 rings (SSSR count). The molecule has 2 fully saturated rings. The highest BCUT2D eigenvalue weighted by Gasteiger charge is 2.56. The lowest BCUT2D eigenvalue weighted by Gasteiger charge is -2.58. The maximum absolute atomic E-state index is 6.07. The van der Waals surface area contributed by atoms with E-state index in [2.05, 4.69) is 27.0 Å². The fraction of sp³-hybridized carbons (Fsp3) is 0.882. The molecule has 0 aromatic carbocycles. The van der Waals surface area contributed by atoms with E-state index in [-0.39, 0.29) is 0 Å². The standard InChI is InChI=1S/C17H28N4O/c1-2-22-15-11-14(17(15)8-4-3-5-9-17)20-13-7-6-10-21-16(13)18-12-19-21/h12-15,20H,2-11H2,1H3/t13-,14-,15+/m0/s1. The van der Waals surface area contributed by atoms with Crippen LogP contribution in [0.15, 0.2) is 6.33 Å². The molecule has 2 saturated carbocycles. The zero-order valence-corrected chi connectivity index (χ0v) is 13.6. The molecule has 0 saturated heterocycles. The molecule has 3 atom stereocenters. The van der Waals surface area contributed by atoms with Crippen LogP contribution in [0.5, 0.6) is 0 Å². The fourth-order valence-electron chi connectivity index (χ4n) is 4.99. The molecule has 2 heterocycles. The molecule has 5 heteroatoms. The maximum Gasteiger partial charge on any atom is 0.143 e. The van der Waals surface area contributed by atoms with Gasteiger partial charge in [-0.1, -0.05) is 19.3 Å². The molecule has 3 aliphatic rings. The Morgan fingerprint density at radius 3 is 3.00 bits per heavy atom. The zero-order chi connectivity index (χ0) is 15.0. The first-order valence-corrected chi connectivity index (χ1v) is 9.09. The lowest BCUT2D eigenvalue weighted by molar-refractivity contribution is -0.152. The van der Waals surface area contributed by atoms with Crippen molar-refractivity contribution < 1.29 is 4.74 Å². The Morgan fingerprint density at radius 1 is 1.32 bits per heavy atom. The fourth-order valence-corrected chi connectivity index (χ4v) is 4.99. The van der Waals surface area contributed by atoms with Gasteiger partial charge >= 0.3 is 0 Å². The monoisotopic (exact) mass is 304 g/mol. The van der Waals surface area contributed by atoms with Crippen molar-refractivity contribution in [2.75, 3.05) is 6.61 Å². The molecule has 1 spiro atoms. The van der Waals surface area contributed by atoms with Gasteiger partial charge in [-0.15, -0.1) is 0 Å². The van der Waals surface area contributed by atoms with Crippen LogP contribution in [0.2, 0.25) is 0 Å². The molecular formula is C17H28N4O. The van der Waals surface area contributed by atoms with Gasteiger partial charge in [0.15, 0.2) is 0 Å². The summed E-state index contributed by atoms with van der Waals surface area (Å²) in [5.41, 5.74) is 0.385. The van der Waals surface area contributed by atoms with Crippen LogP contribution < -0.4 is 5.32 Å². The van der Waals surface area contributed by atoms with Gasteiger partial charge in [-0.05, 0) is 39.0 Å². The summed E-state index contributed by atoms with van der Waals surface area (Å²) >= 11 is 0. The number of nitrogens with zero attached hydrogens (tertiary/aromatic N) is 3. The Labute approximate surface area is 132 Å². The summed E-state index contributed by atoms with van der Waals surface area (Å²) in [6.07, 6.45) is 12.5. The van der Waals surface area contributed by atoms with Crippen molar-refractivity contribution in [1.82, 2.24) is 20.1 Å². The maximum atomic E-state index is 6.07. The number of nitrogens with one attached hydrogen (secondary N) is 1. The van der Waals surface area contributed by atoms with Crippen molar-refractivity contribution >= 4 is 0 Å². The van der Waals surface area contributed by atoms with Gasteiger partial charge in [-0.25, -0.2) is 9.67 Å². The highest BCUT2D eigenvalue weighted by atomic mass is 16.5. The second-order valence-electron chi connectivity index (χ2n) is 7.23. The van der Waals surface area contributed by atoms with Crippen LogP contribution in [-0.4, -0.2) is 33.5 Å². The molecule has 22 heavy (non-hydrogen) atoms. The van der Waals surface area contributed by atoms with Crippen LogP contribution in [0.1, 0.15) is 70.2 Å². The Morgan fingerprint density at radius 2 is 2.18 bits per heavy atom. The van der Waals surface area contributed by atoms with E-state index in [0.29, 0.717) is 23.6 Å². The van der Waals surface area contributed by atoms with Crippen molar-refractivity contribution in [3.63, 3.8) is 0 Å². The number of hydrogen-bond donors (Lipinski definition) is 1. The molecule has 1 aromatic rings. The van der Waals surface area contributed by atoms with E-state index in [4.69, 9.17) is 4.74 Å². The zero-order valence-electron chi connectivity index (χ0n) is 13.6. The quantitative estimate of drug-likeness (QED) is 0.929. The van der Waals surface area contributed by atoms with Crippen LogP contribution in [0.3, 0.4) is 0 Å². The molecule has 0 radical (unpaired) electrons. The van der Waals surface area contributed by atoms with Crippen LogP contribution in [-0.2, 0) is 11.3 Å². The van der Waals surface area contributed by atoms with E-state index in [0.717, 1.165) is 19.0 Å². The van der Waals surface area contributed by atoms with Crippen molar-refractivity contribution in [2.24, 2.45) is 5.41 Å². The smallest absolute Gasteiger partial charge is 0.143 e. The molecule has 5 nitrogen and oxygen atoms in total. The Kier molecular flexibility index (Phi) is 3.95. The minimum atomic E-state index is 0.377. The van der Waals surface area contributed by atoms with E-state index < -0.39 is 0 Å². The molecule has 1 aromatic heterocycles. The van der Waals surface area contributed by atoms with E-state index >= 15 is 0 Å². The number of aromatic nitrogens is 3. The second kappa shape index (κ2) is 5.93. The van der Waals surface area contributed by atoms with Crippen molar-refractivity contribution in [3.8, 4) is 0 Å². The normalized spacial score (nSPS) is 33.4. The van der Waals surface area contributed by atoms with Crippen LogP contribution in [0.4, 0.5) is 0 Å². The first kappa shape index (κ1) is 14.6. The van der Waals surface area contributed by atoms with Gasteiger partial charge in [0, 0.05) is 24.6 Å². The number of rotatable bonds is 4. The average molecular weight is 304 g/mol. The first-order valence-electron chi connectivity index (χ1n) is 9.09. The molecule has 0 unspecified atom stereocenters.